The van der Waals surface area contributed by atoms with Gasteiger partial charge in [-0.3, -0.25) is 9.63 Å². The molecular formula is C14H18N2O2. The molecule has 0 unspecified atom stereocenters. The summed E-state index contributed by atoms with van der Waals surface area (Å²) in [4.78, 5) is 17.3. The second-order valence-electron chi connectivity index (χ2n) is 5.13. The Hall–Kier alpha value is -1.39. The van der Waals surface area contributed by atoms with E-state index in [0.717, 1.165) is 24.1 Å². The van der Waals surface area contributed by atoms with Crippen LogP contribution in [0.2, 0.25) is 0 Å². The summed E-state index contributed by atoms with van der Waals surface area (Å²) in [5.41, 5.74) is 8.04. The van der Waals surface area contributed by atoms with Gasteiger partial charge in [-0.2, -0.15) is 5.06 Å². The van der Waals surface area contributed by atoms with Gasteiger partial charge in [-0.15, -0.1) is 0 Å². The lowest BCUT2D eigenvalue weighted by Crippen LogP contribution is -2.43. The van der Waals surface area contributed by atoms with Crippen molar-refractivity contribution < 1.29 is 9.63 Å². The Bertz CT molecular complexity index is 463. The molecule has 1 amide bonds. The zero-order chi connectivity index (χ0) is 12.6. The number of hydrogen-bond acceptors (Lipinski definition) is 3. The van der Waals surface area contributed by atoms with E-state index in [-0.39, 0.29) is 11.3 Å². The van der Waals surface area contributed by atoms with Gasteiger partial charge in [-0.25, -0.2) is 0 Å². The zero-order valence-corrected chi connectivity index (χ0v) is 10.4. The van der Waals surface area contributed by atoms with Crippen LogP contribution in [0.4, 0.5) is 5.69 Å². The fourth-order valence-corrected chi connectivity index (χ4v) is 2.89. The minimum Gasteiger partial charge on any atom is -0.330 e. The number of carbonyl (C=O) groups is 1. The Morgan fingerprint density at radius 3 is 2.67 bits per heavy atom. The Morgan fingerprint density at radius 1 is 1.33 bits per heavy atom. The van der Waals surface area contributed by atoms with E-state index in [9.17, 15) is 4.79 Å². The Kier molecular flexibility index (Phi) is 2.84. The van der Waals surface area contributed by atoms with Crippen LogP contribution in [-0.4, -0.2) is 19.1 Å². The molecular weight excluding hydrogens is 228 g/mol. The molecule has 1 aromatic carbocycles. The number of amides is 1. The molecule has 1 aromatic rings. The summed E-state index contributed by atoms with van der Waals surface area (Å²) < 4.78 is 0. The molecule has 1 aliphatic heterocycles. The average molecular weight is 246 g/mol. The van der Waals surface area contributed by atoms with Crippen molar-refractivity contribution >= 4 is 11.6 Å². The van der Waals surface area contributed by atoms with Crippen LogP contribution in [-0.2, 0) is 15.0 Å². The lowest BCUT2D eigenvalue weighted by atomic mass is 9.64. The standard InChI is InChI=1S/C14H18N2O2/c15-10-14(7-3-8-14)11-4-1-2-5-12(11)16-13(17)6-9-18-16/h1-2,4-5H,3,6-10,15H2. The van der Waals surface area contributed by atoms with E-state index in [0.29, 0.717) is 19.6 Å². The van der Waals surface area contributed by atoms with Crippen molar-refractivity contribution in [1.82, 2.24) is 0 Å². The predicted octanol–water partition coefficient (Wildman–Crippen LogP) is 1.74. The SMILES string of the molecule is NCC1(c2ccccc2N2OCCC2=O)CCC1. The molecule has 18 heavy (non-hydrogen) atoms. The smallest absolute Gasteiger partial charge is 0.253 e. The highest BCUT2D eigenvalue weighted by atomic mass is 16.7. The average Bonchev–Trinajstić information content (AvgIpc) is 2.76. The van der Waals surface area contributed by atoms with Crippen LogP contribution in [0.1, 0.15) is 31.2 Å². The summed E-state index contributed by atoms with van der Waals surface area (Å²) in [6.45, 7) is 1.11. The van der Waals surface area contributed by atoms with E-state index in [1.807, 2.05) is 18.2 Å². The van der Waals surface area contributed by atoms with Crippen LogP contribution < -0.4 is 10.8 Å². The van der Waals surface area contributed by atoms with Gasteiger partial charge in [0, 0.05) is 12.0 Å². The molecule has 3 rings (SSSR count). The fraction of sp³-hybridized carbons (Fsp3) is 0.500. The van der Waals surface area contributed by atoms with Crippen LogP contribution in [0.15, 0.2) is 24.3 Å². The molecule has 4 heteroatoms. The van der Waals surface area contributed by atoms with E-state index in [1.165, 1.54) is 11.5 Å². The zero-order valence-electron chi connectivity index (χ0n) is 10.4. The van der Waals surface area contributed by atoms with Gasteiger partial charge < -0.3 is 5.73 Å². The lowest BCUT2D eigenvalue weighted by Gasteiger charge is -2.43. The largest absolute Gasteiger partial charge is 0.330 e. The highest BCUT2D eigenvalue weighted by Crippen LogP contribution is 2.46. The molecule has 2 N–H and O–H groups in total. The van der Waals surface area contributed by atoms with Crippen LogP contribution in [0.25, 0.3) is 0 Å². The number of hydroxylamine groups is 1. The van der Waals surface area contributed by atoms with Crippen molar-refractivity contribution in [3.05, 3.63) is 29.8 Å². The van der Waals surface area contributed by atoms with Gasteiger partial charge in [0.15, 0.2) is 0 Å². The van der Waals surface area contributed by atoms with Crippen molar-refractivity contribution in [3.63, 3.8) is 0 Å². The van der Waals surface area contributed by atoms with Gasteiger partial charge in [0.1, 0.15) is 0 Å². The van der Waals surface area contributed by atoms with Gasteiger partial charge in [0.05, 0.1) is 18.7 Å². The number of rotatable bonds is 3. The van der Waals surface area contributed by atoms with Gasteiger partial charge in [-0.05, 0) is 24.5 Å². The number of nitrogens with zero attached hydrogens (tertiary/aromatic N) is 1. The first-order valence-electron chi connectivity index (χ1n) is 6.52. The monoisotopic (exact) mass is 246 g/mol. The summed E-state index contributed by atoms with van der Waals surface area (Å²) in [7, 11) is 0. The number of anilines is 1. The minimum atomic E-state index is 0.0361. The summed E-state index contributed by atoms with van der Waals surface area (Å²) in [6, 6.07) is 7.98. The summed E-state index contributed by atoms with van der Waals surface area (Å²) in [5.74, 6) is 0.0361. The van der Waals surface area contributed by atoms with Crippen LogP contribution in [0.3, 0.4) is 0 Å². The topological polar surface area (TPSA) is 55.6 Å². The maximum absolute atomic E-state index is 11.8. The van der Waals surface area contributed by atoms with Crippen LogP contribution in [0, 0.1) is 0 Å². The van der Waals surface area contributed by atoms with Crippen molar-refractivity contribution in [1.29, 1.82) is 0 Å². The fourth-order valence-electron chi connectivity index (χ4n) is 2.89. The first-order valence-corrected chi connectivity index (χ1v) is 6.52. The Morgan fingerprint density at radius 2 is 2.11 bits per heavy atom. The van der Waals surface area contributed by atoms with E-state index >= 15 is 0 Å². The highest BCUT2D eigenvalue weighted by molar-refractivity contribution is 5.93. The van der Waals surface area contributed by atoms with Gasteiger partial charge in [-0.1, -0.05) is 24.6 Å². The van der Waals surface area contributed by atoms with E-state index in [2.05, 4.69) is 6.07 Å². The first-order chi connectivity index (χ1) is 8.77. The minimum absolute atomic E-state index is 0.0361. The molecule has 96 valence electrons. The molecule has 4 nitrogen and oxygen atoms in total. The van der Waals surface area contributed by atoms with Gasteiger partial charge in [0.2, 0.25) is 0 Å². The quantitative estimate of drug-likeness (QED) is 0.883. The van der Waals surface area contributed by atoms with Crippen molar-refractivity contribution in [2.45, 2.75) is 31.1 Å². The molecule has 1 saturated heterocycles. The molecule has 1 heterocycles. The van der Waals surface area contributed by atoms with E-state index in [1.54, 1.807) is 0 Å². The van der Waals surface area contributed by atoms with Crippen molar-refractivity contribution in [3.8, 4) is 0 Å². The highest BCUT2D eigenvalue weighted by Gasteiger charge is 2.40. The first kappa shape index (κ1) is 11.7. The maximum Gasteiger partial charge on any atom is 0.253 e. The Labute approximate surface area is 107 Å². The third-order valence-corrected chi connectivity index (χ3v) is 4.16. The molecule has 0 radical (unpaired) electrons. The molecule has 0 spiro atoms. The third kappa shape index (κ3) is 1.64. The summed E-state index contributed by atoms with van der Waals surface area (Å²) in [6.07, 6.45) is 3.87. The number of carbonyl (C=O) groups excluding carboxylic acids is 1. The normalized spacial score (nSPS) is 22.1. The van der Waals surface area contributed by atoms with Crippen molar-refractivity contribution in [2.24, 2.45) is 5.73 Å². The molecule has 2 fully saturated rings. The number of hydrogen-bond donors (Lipinski definition) is 1. The van der Waals surface area contributed by atoms with Crippen LogP contribution in [0.5, 0.6) is 0 Å². The molecule has 1 saturated carbocycles. The molecule has 0 atom stereocenters. The number of nitrogens with two attached hydrogens (primary N) is 1. The molecule has 0 bridgehead atoms. The van der Waals surface area contributed by atoms with Crippen LogP contribution >= 0.6 is 0 Å². The second-order valence-corrected chi connectivity index (χ2v) is 5.13. The maximum atomic E-state index is 11.8. The molecule has 2 aliphatic rings. The van der Waals surface area contributed by atoms with Crippen molar-refractivity contribution in [2.75, 3.05) is 18.2 Å². The lowest BCUT2D eigenvalue weighted by molar-refractivity contribution is -0.119. The second kappa shape index (κ2) is 4.37. The van der Waals surface area contributed by atoms with E-state index in [4.69, 9.17) is 10.6 Å². The summed E-state index contributed by atoms with van der Waals surface area (Å²) in [5, 5.41) is 1.45. The van der Waals surface area contributed by atoms with Gasteiger partial charge in [0.25, 0.3) is 5.91 Å². The number of para-hydroxylation sites is 1. The van der Waals surface area contributed by atoms with Gasteiger partial charge >= 0.3 is 0 Å². The molecule has 1 aliphatic carbocycles. The number of benzene rings is 1. The predicted molar refractivity (Wildman–Crippen MR) is 69.1 cm³/mol. The Balaban J connectivity index is 2.02. The summed E-state index contributed by atoms with van der Waals surface area (Å²) >= 11 is 0. The van der Waals surface area contributed by atoms with E-state index < -0.39 is 0 Å². The molecule has 0 aromatic heterocycles. The third-order valence-electron chi connectivity index (χ3n) is 4.16.